The Bertz CT molecular complexity index is 699. The Balaban J connectivity index is 2.34. The van der Waals surface area contributed by atoms with E-state index in [1.807, 2.05) is 25.1 Å². The highest BCUT2D eigenvalue weighted by atomic mass is 16.4. The summed E-state index contributed by atoms with van der Waals surface area (Å²) in [5.74, 6) is -0.870. The summed E-state index contributed by atoms with van der Waals surface area (Å²) in [6, 6.07) is 15.8. The molecular formula is C22H26O2. The van der Waals surface area contributed by atoms with Gasteiger partial charge in [-0.25, -0.2) is 4.79 Å². The highest BCUT2D eigenvalue weighted by Crippen LogP contribution is 2.26. The fourth-order valence-electron chi connectivity index (χ4n) is 2.88. The van der Waals surface area contributed by atoms with Gasteiger partial charge in [-0.05, 0) is 54.2 Å². The molecule has 0 aliphatic heterocycles. The molecule has 0 saturated carbocycles. The van der Waals surface area contributed by atoms with E-state index >= 15 is 0 Å². The van der Waals surface area contributed by atoms with Crippen molar-refractivity contribution in [3.63, 3.8) is 0 Å². The van der Waals surface area contributed by atoms with Crippen LogP contribution < -0.4 is 0 Å². The zero-order chi connectivity index (χ0) is 17.4. The van der Waals surface area contributed by atoms with Gasteiger partial charge in [0.25, 0.3) is 0 Å². The van der Waals surface area contributed by atoms with Crippen LogP contribution in [0.25, 0.3) is 11.6 Å². The molecule has 0 aliphatic rings. The molecule has 0 unspecified atom stereocenters. The SMILES string of the molecule is CCCCCCC(=Cc1ccccc1)c1cc(C)cc(C(=O)O)c1. The first-order valence-electron chi connectivity index (χ1n) is 8.71. The van der Waals surface area contributed by atoms with E-state index in [-0.39, 0.29) is 0 Å². The van der Waals surface area contributed by atoms with Crippen molar-refractivity contribution in [3.8, 4) is 0 Å². The zero-order valence-electron chi connectivity index (χ0n) is 14.6. The lowest BCUT2D eigenvalue weighted by Crippen LogP contribution is -1.99. The number of aromatic carboxylic acids is 1. The first-order valence-corrected chi connectivity index (χ1v) is 8.71. The van der Waals surface area contributed by atoms with Crippen molar-refractivity contribution in [3.05, 3.63) is 70.8 Å². The minimum Gasteiger partial charge on any atom is -0.478 e. The van der Waals surface area contributed by atoms with Crippen molar-refractivity contribution in [1.29, 1.82) is 0 Å². The Morgan fingerprint density at radius 2 is 1.71 bits per heavy atom. The second kappa shape index (κ2) is 9.07. The van der Waals surface area contributed by atoms with Crippen LogP contribution in [0.15, 0.2) is 48.5 Å². The van der Waals surface area contributed by atoms with Crippen LogP contribution in [0.3, 0.4) is 0 Å². The number of benzene rings is 2. The molecule has 2 aromatic rings. The maximum Gasteiger partial charge on any atom is 0.335 e. The van der Waals surface area contributed by atoms with E-state index in [0.29, 0.717) is 5.56 Å². The average molecular weight is 322 g/mol. The van der Waals surface area contributed by atoms with Gasteiger partial charge in [0.15, 0.2) is 0 Å². The predicted molar refractivity (Wildman–Crippen MR) is 101 cm³/mol. The van der Waals surface area contributed by atoms with Crippen LogP contribution in [-0.2, 0) is 0 Å². The van der Waals surface area contributed by atoms with Crippen molar-refractivity contribution in [1.82, 2.24) is 0 Å². The second-order valence-corrected chi connectivity index (χ2v) is 6.28. The van der Waals surface area contributed by atoms with E-state index in [9.17, 15) is 9.90 Å². The fourth-order valence-corrected chi connectivity index (χ4v) is 2.88. The van der Waals surface area contributed by atoms with Gasteiger partial charge in [0, 0.05) is 0 Å². The number of carboxylic acids is 1. The van der Waals surface area contributed by atoms with Crippen molar-refractivity contribution < 1.29 is 9.90 Å². The molecule has 2 aromatic carbocycles. The summed E-state index contributed by atoms with van der Waals surface area (Å²) in [5.41, 5.74) is 4.73. The van der Waals surface area contributed by atoms with E-state index in [0.717, 1.165) is 29.5 Å². The molecule has 0 aromatic heterocycles. The van der Waals surface area contributed by atoms with Crippen molar-refractivity contribution >= 4 is 17.6 Å². The summed E-state index contributed by atoms with van der Waals surface area (Å²) in [5, 5.41) is 9.33. The molecule has 0 heterocycles. The lowest BCUT2D eigenvalue weighted by molar-refractivity contribution is 0.0696. The van der Waals surface area contributed by atoms with Gasteiger partial charge in [-0.15, -0.1) is 0 Å². The molecule has 0 spiro atoms. The Morgan fingerprint density at radius 1 is 1.00 bits per heavy atom. The number of carboxylic acid groups (broad SMARTS) is 1. The van der Waals surface area contributed by atoms with E-state index in [2.05, 4.69) is 31.2 Å². The molecule has 0 aliphatic carbocycles. The van der Waals surface area contributed by atoms with E-state index in [1.165, 1.54) is 24.8 Å². The van der Waals surface area contributed by atoms with Gasteiger partial charge in [0.05, 0.1) is 5.56 Å². The Kier molecular flexibility index (Phi) is 6.80. The molecule has 0 atom stereocenters. The molecule has 2 heteroatoms. The molecule has 0 fully saturated rings. The molecule has 2 rings (SSSR count). The van der Waals surface area contributed by atoms with Crippen LogP contribution in [-0.4, -0.2) is 11.1 Å². The normalized spacial score (nSPS) is 11.5. The number of hydrogen-bond acceptors (Lipinski definition) is 1. The third-order valence-corrected chi connectivity index (χ3v) is 4.14. The van der Waals surface area contributed by atoms with Crippen molar-refractivity contribution in [2.75, 3.05) is 0 Å². The first kappa shape index (κ1) is 18.0. The summed E-state index contributed by atoms with van der Waals surface area (Å²) in [6.07, 6.45) is 7.95. The number of allylic oxidation sites excluding steroid dienone is 1. The molecule has 126 valence electrons. The van der Waals surface area contributed by atoms with Gasteiger partial charge in [-0.1, -0.05) is 68.7 Å². The van der Waals surface area contributed by atoms with Gasteiger partial charge in [0.2, 0.25) is 0 Å². The molecule has 1 N–H and O–H groups in total. The topological polar surface area (TPSA) is 37.3 Å². The lowest BCUT2D eigenvalue weighted by atomic mass is 9.94. The monoisotopic (exact) mass is 322 g/mol. The van der Waals surface area contributed by atoms with E-state index in [1.54, 1.807) is 12.1 Å². The standard InChI is InChI=1S/C22H26O2/c1-3-4-5-9-12-19(15-18-10-7-6-8-11-18)20-13-17(2)14-21(16-20)22(23)24/h6-8,10-11,13-16H,3-5,9,12H2,1-2H3,(H,23,24). The fraction of sp³-hybridized carbons (Fsp3) is 0.318. The minimum atomic E-state index is -0.870. The minimum absolute atomic E-state index is 0.359. The van der Waals surface area contributed by atoms with Crippen LogP contribution in [0.2, 0.25) is 0 Å². The molecule has 0 bridgehead atoms. The molecule has 0 amide bonds. The Morgan fingerprint density at radius 3 is 2.38 bits per heavy atom. The first-order chi connectivity index (χ1) is 11.6. The maximum atomic E-state index is 11.4. The highest BCUT2D eigenvalue weighted by Gasteiger charge is 2.09. The highest BCUT2D eigenvalue weighted by molar-refractivity contribution is 5.90. The van der Waals surface area contributed by atoms with Crippen LogP contribution in [0.5, 0.6) is 0 Å². The lowest BCUT2D eigenvalue weighted by Gasteiger charge is -2.11. The van der Waals surface area contributed by atoms with Crippen LogP contribution in [0.1, 0.15) is 66.1 Å². The predicted octanol–water partition coefficient (Wildman–Crippen LogP) is 6.20. The summed E-state index contributed by atoms with van der Waals surface area (Å²) in [7, 11) is 0. The van der Waals surface area contributed by atoms with Gasteiger partial charge >= 0.3 is 5.97 Å². The average Bonchev–Trinajstić information content (AvgIpc) is 2.58. The summed E-state index contributed by atoms with van der Waals surface area (Å²) >= 11 is 0. The van der Waals surface area contributed by atoms with Crippen LogP contribution >= 0.6 is 0 Å². The Labute approximate surface area is 144 Å². The number of aryl methyl sites for hydroxylation is 1. The van der Waals surface area contributed by atoms with Crippen LogP contribution in [0, 0.1) is 6.92 Å². The Hall–Kier alpha value is -2.35. The third kappa shape index (κ3) is 5.38. The summed E-state index contributed by atoms with van der Waals surface area (Å²) in [6.45, 7) is 4.16. The van der Waals surface area contributed by atoms with Crippen LogP contribution in [0.4, 0.5) is 0 Å². The van der Waals surface area contributed by atoms with Gasteiger partial charge in [0.1, 0.15) is 0 Å². The number of unbranched alkanes of at least 4 members (excludes halogenated alkanes) is 3. The van der Waals surface area contributed by atoms with Gasteiger partial charge in [-0.2, -0.15) is 0 Å². The van der Waals surface area contributed by atoms with Crippen molar-refractivity contribution in [2.45, 2.75) is 46.0 Å². The summed E-state index contributed by atoms with van der Waals surface area (Å²) in [4.78, 5) is 11.4. The number of hydrogen-bond donors (Lipinski definition) is 1. The maximum absolute atomic E-state index is 11.4. The third-order valence-electron chi connectivity index (χ3n) is 4.14. The molecule has 0 radical (unpaired) electrons. The quantitative estimate of drug-likeness (QED) is 0.464. The number of rotatable bonds is 8. The second-order valence-electron chi connectivity index (χ2n) is 6.28. The molecule has 24 heavy (non-hydrogen) atoms. The zero-order valence-corrected chi connectivity index (χ0v) is 14.6. The number of carbonyl (C=O) groups is 1. The van der Waals surface area contributed by atoms with E-state index < -0.39 is 5.97 Å². The van der Waals surface area contributed by atoms with E-state index in [4.69, 9.17) is 0 Å². The largest absolute Gasteiger partial charge is 0.478 e. The molecular weight excluding hydrogens is 296 g/mol. The smallest absolute Gasteiger partial charge is 0.335 e. The van der Waals surface area contributed by atoms with Crippen molar-refractivity contribution in [2.24, 2.45) is 0 Å². The summed E-state index contributed by atoms with van der Waals surface area (Å²) < 4.78 is 0. The molecule has 0 saturated heterocycles. The van der Waals surface area contributed by atoms with Gasteiger partial charge < -0.3 is 5.11 Å². The molecule has 2 nitrogen and oxygen atoms in total. The van der Waals surface area contributed by atoms with Gasteiger partial charge in [-0.3, -0.25) is 0 Å².